The van der Waals surface area contributed by atoms with Crippen LogP contribution in [0.5, 0.6) is 0 Å². The summed E-state index contributed by atoms with van der Waals surface area (Å²) in [7, 11) is 0. The maximum atomic E-state index is 12.0. The summed E-state index contributed by atoms with van der Waals surface area (Å²) in [5, 5.41) is 0. The molecule has 2 unspecified atom stereocenters. The molecule has 2 rings (SSSR count). The maximum Gasteiger partial charge on any atom is 0.239 e. The highest BCUT2D eigenvalue weighted by atomic mass is 35.5. The summed E-state index contributed by atoms with van der Waals surface area (Å²) in [6, 6.07) is 10.6. The second kappa shape index (κ2) is 8.37. The van der Waals surface area contributed by atoms with Crippen LogP contribution in [-0.4, -0.2) is 47.4 Å². The third kappa shape index (κ3) is 4.99. The van der Waals surface area contributed by atoms with Crippen molar-refractivity contribution in [3.05, 3.63) is 35.9 Å². The van der Waals surface area contributed by atoms with Gasteiger partial charge in [0.2, 0.25) is 5.91 Å². The Morgan fingerprint density at radius 2 is 1.95 bits per heavy atom. The van der Waals surface area contributed by atoms with E-state index in [0.717, 1.165) is 32.6 Å². The van der Waals surface area contributed by atoms with E-state index in [9.17, 15) is 4.79 Å². The molecule has 0 aliphatic carbocycles. The standard InChI is InChI=1S/C16H25N3O.ClH/c1-13-8-9-18(16(20)14(2)17)10-11-19(13)12-15-6-4-3-5-7-15;/h3-7,13-14H,8-12,17H2,1-2H3;1H. The van der Waals surface area contributed by atoms with Crippen molar-refractivity contribution in [3.8, 4) is 0 Å². The molecule has 0 saturated carbocycles. The van der Waals surface area contributed by atoms with Crippen LogP contribution in [0, 0.1) is 0 Å². The van der Waals surface area contributed by atoms with Gasteiger partial charge in [-0.1, -0.05) is 30.3 Å². The van der Waals surface area contributed by atoms with E-state index in [1.165, 1.54) is 5.56 Å². The monoisotopic (exact) mass is 311 g/mol. The summed E-state index contributed by atoms with van der Waals surface area (Å²) >= 11 is 0. The lowest BCUT2D eigenvalue weighted by atomic mass is 10.1. The Balaban J connectivity index is 0.00000220. The summed E-state index contributed by atoms with van der Waals surface area (Å²) in [5.41, 5.74) is 7.03. The first-order chi connectivity index (χ1) is 9.58. The molecule has 1 aliphatic heterocycles. The number of carbonyl (C=O) groups is 1. The van der Waals surface area contributed by atoms with Crippen LogP contribution < -0.4 is 5.73 Å². The Hall–Kier alpha value is -1.10. The highest BCUT2D eigenvalue weighted by Gasteiger charge is 2.24. The molecule has 1 amide bonds. The second-order valence-corrected chi connectivity index (χ2v) is 5.71. The van der Waals surface area contributed by atoms with Gasteiger partial charge >= 0.3 is 0 Å². The molecule has 5 heteroatoms. The van der Waals surface area contributed by atoms with E-state index < -0.39 is 6.04 Å². The predicted molar refractivity (Wildman–Crippen MR) is 88.4 cm³/mol. The molecule has 2 N–H and O–H groups in total. The molecule has 118 valence electrons. The minimum atomic E-state index is -0.397. The Morgan fingerprint density at radius 3 is 2.57 bits per heavy atom. The zero-order valence-electron chi connectivity index (χ0n) is 12.9. The van der Waals surface area contributed by atoms with Gasteiger partial charge in [0, 0.05) is 32.2 Å². The number of benzene rings is 1. The molecule has 1 aromatic rings. The minimum Gasteiger partial charge on any atom is -0.340 e. The first-order valence-corrected chi connectivity index (χ1v) is 7.40. The van der Waals surface area contributed by atoms with Crippen LogP contribution in [0.15, 0.2) is 30.3 Å². The Labute approximate surface area is 133 Å². The number of nitrogens with two attached hydrogens (primary N) is 1. The zero-order chi connectivity index (χ0) is 14.5. The van der Waals surface area contributed by atoms with E-state index in [4.69, 9.17) is 5.73 Å². The van der Waals surface area contributed by atoms with Gasteiger partial charge in [0.15, 0.2) is 0 Å². The van der Waals surface area contributed by atoms with E-state index in [1.54, 1.807) is 6.92 Å². The van der Waals surface area contributed by atoms with Gasteiger partial charge in [-0.3, -0.25) is 9.69 Å². The topological polar surface area (TPSA) is 49.6 Å². The van der Waals surface area contributed by atoms with Crippen molar-refractivity contribution in [2.75, 3.05) is 19.6 Å². The van der Waals surface area contributed by atoms with Gasteiger partial charge in [-0.15, -0.1) is 12.4 Å². The van der Waals surface area contributed by atoms with Gasteiger partial charge in [0.1, 0.15) is 0 Å². The number of hydrogen-bond acceptors (Lipinski definition) is 3. The molecule has 1 aliphatic rings. The molecule has 4 nitrogen and oxygen atoms in total. The van der Waals surface area contributed by atoms with Crippen LogP contribution in [0.1, 0.15) is 25.8 Å². The largest absolute Gasteiger partial charge is 0.340 e. The molecule has 2 atom stereocenters. The fourth-order valence-electron chi connectivity index (χ4n) is 2.67. The second-order valence-electron chi connectivity index (χ2n) is 5.71. The molecule has 0 aromatic heterocycles. The lowest BCUT2D eigenvalue weighted by molar-refractivity contribution is -0.132. The first-order valence-electron chi connectivity index (χ1n) is 7.40. The normalized spacial score (nSPS) is 21.3. The van der Waals surface area contributed by atoms with Gasteiger partial charge in [-0.05, 0) is 25.8 Å². The Kier molecular flexibility index (Phi) is 7.15. The fourth-order valence-corrected chi connectivity index (χ4v) is 2.67. The van der Waals surface area contributed by atoms with Crippen molar-refractivity contribution >= 4 is 18.3 Å². The predicted octanol–water partition coefficient (Wildman–Crippen LogP) is 1.88. The van der Waals surface area contributed by atoms with E-state index >= 15 is 0 Å². The lowest BCUT2D eigenvalue weighted by Crippen LogP contribution is -2.43. The third-order valence-electron chi connectivity index (χ3n) is 4.03. The van der Waals surface area contributed by atoms with Crippen LogP contribution in [0.25, 0.3) is 0 Å². The molecular formula is C16H26ClN3O. The molecule has 0 radical (unpaired) electrons. The number of amides is 1. The SMILES string of the molecule is CC(N)C(=O)N1CCC(C)N(Cc2ccccc2)CC1.Cl. The number of hydrogen-bond donors (Lipinski definition) is 1. The van der Waals surface area contributed by atoms with E-state index in [-0.39, 0.29) is 18.3 Å². The highest BCUT2D eigenvalue weighted by molar-refractivity contribution is 5.85. The van der Waals surface area contributed by atoms with Crippen LogP contribution in [0.3, 0.4) is 0 Å². The van der Waals surface area contributed by atoms with Crippen LogP contribution in [-0.2, 0) is 11.3 Å². The average Bonchev–Trinajstić information content (AvgIpc) is 2.62. The Bertz CT molecular complexity index is 438. The summed E-state index contributed by atoms with van der Waals surface area (Å²) < 4.78 is 0. The van der Waals surface area contributed by atoms with E-state index in [2.05, 4.69) is 36.1 Å². The molecule has 1 fully saturated rings. The third-order valence-corrected chi connectivity index (χ3v) is 4.03. The van der Waals surface area contributed by atoms with Crippen molar-refractivity contribution in [1.29, 1.82) is 0 Å². The number of carbonyl (C=O) groups excluding carboxylic acids is 1. The van der Waals surface area contributed by atoms with Gasteiger partial charge in [-0.25, -0.2) is 0 Å². The van der Waals surface area contributed by atoms with Gasteiger partial charge in [0.05, 0.1) is 6.04 Å². The molecular weight excluding hydrogens is 286 g/mol. The lowest BCUT2D eigenvalue weighted by Gasteiger charge is -2.26. The summed E-state index contributed by atoms with van der Waals surface area (Å²) in [4.78, 5) is 16.4. The molecule has 0 bridgehead atoms. The molecule has 0 spiro atoms. The van der Waals surface area contributed by atoms with E-state index in [1.807, 2.05) is 11.0 Å². The van der Waals surface area contributed by atoms with Gasteiger partial charge < -0.3 is 10.6 Å². The minimum absolute atomic E-state index is 0. The molecule has 21 heavy (non-hydrogen) atoms. The summed E-state index contributed by atoms with van der Waals surface area (Å²) in [5.74, 6) is 0.0683. The van der Waals surface area contributed by atoms with Crippen LogP contribution >= 0.6 is 12.4 Å². The molecule has 1 aromatic carbocycles. The van der Waals surface area contributed by atoms with Crippen molar-refractivity contribution < 1.29 is 4.79 Å². The number of rotatable bonds is 3. The highest BCUT2D eigenvalue weighted by Crippen LogP contribution is 2.15. The molecule has 1 saturated heterocycles. The van der Waals surface area contributed by atoms with Crippen LogP contribution in [0.2, 0.25) is 0 Å². The van der Waals surface area contributed by atoms with Crippen LogP contribution in [0.4, 0.5) is 0 Å². The Morgan fingerprint density at radius 1 is 1.29 bits per heavy atom. The fraction of sp³-hybridized carbons (Fsp3) is 0.562. The number of halogens is 1. The summed E-state index contributed by atoms with van der Waals surface area (Å²) in [6.07, 6.45) is 1.01. The first kappa shape index (κ1) is 18.0. The van der Waals surface area contributed by atoms with Crippen molar-refractivity contribution in [2.45, 2.75) is 38.9 Å². The van der Waals surface area contributed by atoms with Crippen molar-refractivity contribution in [3.63, 3.8) is 0 Å². The zero-order valence-corrected chi connectivity index (χ0v) is 13.7. The maximum absolute atomic E-state index is 12.0. The summed E-state index contributed by atoms with van der Waals surface area (Å²) in [6.45, 7) is 7.45. The average molecular weight is 312 g/mol. The van der Waals surface area contributed by atoms with Gasteiger partial charge in [-0.2, -0.15) is 0 Å². The smallest absolute Gasteiger partial charge is 0.239 e. The van der Waals surface area contributed by atoms with Crippen molar-refractivity contribution in [2.24, 2.45) is 5.73 Å². The number of nitrogens with zero attached hydrogens (tertiary/aromatic N) is 2. The van der Waals surface area contributed by atoms with Crippen molar-refractivity contribution in [1.82, 2.24) is 9.80 Å². The van der Waals surface area contributed by atoms with E-state index in [0.29, 0.717) is 6.04 Å². The quantitative estimate of drug-likeness (QED) is 0.927. The molecule has 1 heterocycles. The van der Waals surface area contributed by atoms with Gasteiger partial charge in [0.25, 0.3) is 0 Å².